The number of rotatable bonds is 1. The molecule has 0 spiro atoms. The second kappa shape index (κ2) is 4.55. The zero-order chi connectivity index (χ0) is 16.3. The molecule has 120 valence electrons. The maximum Gasteiger partial charge on any atom is 0.494 e. The number of nitrogens with one attached hydrogen (secondary N) is 1. The van der Waals surface area contributed by atoms with Crippen LogP contribution in [0.1, 0.15) is 27.7 Å². The first kappa shape index (κ1) is 15.5. The van der Waals surface area contributed by atoms with E-state index in [1.54, 1.807) is 12.1 Å². The summed E-state index contributed by atoms with van der Waals surface area (Å²) < 4.78 is 54.8. The maximum absolute atomic E-state index is 12.7. The fourth-order valence-corrected chi connectivity index (χ4v) is 2.33. The average Bonchev–Trinajstić information content (AvgIpc) is 2.87. The lowest BCUT2D eigenvalue weighted by Crippen LogP contribution is -2.41. The number of halogens is 3. The van der Waals surface area contributed by atoms with E-state index in [1.165, 1.54) is 6.07 Å². The van der Waals surface area contributed by atoms with E-state index in [1.807, 2.05) is 27.7 Å². The number of fused-ring (bicyclic) bond motifs is 1. The lowest BCUT2D eigenvalue weighted by Gasteiger charge is -2.32. The van der Waals surface area contributed by atoms with Crippen molar-refractivity contribution >= 4 is 18.3 Å². The van der Waals surface area contributed by atoms with Gasteiger partial charge >= 0.3 is 13.3 Å². The van der Waals surface area contributed by atoms with Gasteiger partial charge in [-0.3, -0.25) is 0 Å². The minimum Gasteiger partial charge on any atom is -0.459 e. The van der Waals surface area contributed by atoms with Crippen molar-refractivity contribution in [1.82, 2.24) is 0 Å². The van der Waals surface area contributed by atoms with Crippen molar-refractivity contribution in [3.63, 3.8) is 0 Å². The van der Waals surface area contributed by atoms with Crippen molar-refractivity contribution in [2.75, 3.05) is 5.32 Å². The lowest BCUT2D eigenvalue weighted by atomic mass is 9.79. The molecule has 3 rings (SSSR count). The molecule has 0 radical (unpaired) electrons. The smallest absolute Gasteiger partial charge is 0.459 e. The van der Waals surface area contributed by atoms with Crippen molar-refractivity contribution < 1.29 is 27.2 Å². The highest BCUT2D eigenvalue weighted by Gasteiger charge is 2.52. The molecule has 2 aliphatic rings. The average molecular weight is 315 g/mol. The van der Waals surface area contributed by atoms with Gasteiger partial charge in [-0.2, -0.15) is 13.2 Å². The van der Waals surface area contributed by atoms with Crippen LogP contribution in [-0.4, -0.2) is 30.7 Å². The molecule has 1 fully saturated rings. The molecule has 2 heterocycles. The Morgan fingerprint density at radius 3 is 2.23 bits per heavy atom. The number of alkyl halides is 3. The number of hydrogen-bond acceptors (Lipinski definition) is 4. The molecule has 4 nitrogen and oxygen atoms in total. The fourth-order valence-electron chi connectivity index (χ4n) is 2.33. The predicted molar refractivity (Wildman–Crippen MR) is 76.3 cm³/mol. The Morgan fingerprint density at radius 1 is 1.09 bits per heavy atom. The van der Waals surface area contributed by atoms with E-state index in [2.05, 4.69) is 5.32 Å². The molecule has 1 N–H and O–H groups in total. The van der Waals surface area contributed by atoms with Gasteiger partial charge in [0.1, 0.15) is 5.75 Å². The van der Waals surface area contributed by atoms with Gasteiger partial charge in [-0.15, -0.1) is 0 Å². The summed E-state index contributed by atoms with van der Waals surface area (Å²) in [5.74, 6) is 0.148. The largest absolute Gasteiger partial charge is 0.494 e. The van der Waals surface area contributed by atoms with Gasteiger partial charge in [0.25, 0.3) is 6.23 Å². The van der Waals surface area contributed by atoms with Gasteiger partial charge in [-0.05, 0) is 45.3 Å². The van der Waals surface area contributed by atoms with E-state index >= 15 is 0 Å². The molecule has 0 bridgehead atoms. The third-order valence-electron chi connectivity index (χ3n) is 4.36. The van der Waals surface area contributed by atoms with Crippen molar-refractivity contribution in [3.05, 3.63) is 18.2 Å². The molecule has 22 heavy (non-hydrogen) atoms. The normalized spacial score (nSPS) is 25.6. The highest BCUT2D eigenvalue weighted by molar-refractivity contribution is 6.62. The van der Waals surface area contributed by atoms with Crippen LogP contribution in [0, 0.1) is 0 Å². The molecule has 1 unspecified atom stereocenters. The summed E-state index contributed by atoms with van der Waals surface area (Å²) >= 11 is 0. The highest BCUT2D eigenvalue weighted by atomic mass is 19.4. The fraction of sp³-hybridized carbons (Fsp3) is 0.571. The van der Waals surface area contributed by atoms with Crippen molar-refractivity contribution in [2.45, 2.75) is 51.3 Å². The first-order chi connectivity index (χ1) is 9.99. The second-order valence-electron chi connectivity index (χ2n) is 6.53. The van der Waals surface area contributed by atoms with E-state index in [0.717, 1.165) is 0 Å². The zero-order valence-electron chi connectivity index (χ0n) is 12.7. The van der Waals surface area contributed by atoms with Gasteiger partial charge in [0.15, 0.2) is 0 Å². The summed E-state index contributed by atoms with van der Waals surface area (Å²) in [4.78, 5) is 0. The SMILES string of the molecule is CC1(C)OB(c2ccc3c(c2)OC(C(F)(F)F)N3)OC1(C)C. The summed E-state index contributed by atoms with van der Waals surface area (Å²) in [6.45, 7) is 7.66. The van der Waals surface area contributed by atoms with Gasteiger partial charge in [0.05, 0.1) is 16.9 Å². The molecule has 1 saturated heterocycles. The van der Waals surface area contributed by atoms with Gasteiger partial charge in [-0.25, -0.2) is 0 Å². The lowest BCUT2D eigenvalue weighted by molar-refractivity contribution is -0.182. The first-order valence-corrected chi connectivity index (χ1v) is 6.99. The maximum atomic E-state index is 12.7. The van der Waals surface area contributed by atoms with E-state index in [0.29, 0.717) is 11.2 Å². The van der Waals surface area contributed by atoms with Gasteiger partial charge in [0.2, 0.25) is 0 Å². The van der Waals surface area contributed by atoms with Crippen molar-refractivity contribution in [2.24, 2.45) is 0 Å². The third-order valence-corrected chi connectivity index (χ3v) is 4.36. The molecule has 2 aliphatic heterocycles. The molecule has 8 heteroatoms. The predicted octanol–water partition coefficient (Wildman–Crippen LogP) is 2.68. The Kier molecular flexibility index (Phi) is 3.20. The summed E-state index contributed by atoms with van der Waals surface area (Å²) in [6, 6.07) is 4.74. The van der Waals surface area contributed by atoms with E-state index < -0.39 is 30.7 Å². The molecule has 1 aromatic rings. The Balaban J connectivity index is 1.83. The minimum absolute atomic E-state index is 0.148. The van der Waals surface area contributed by atoms with E-state index in [4.69, 9.17) is 14.0 Å². The molecule has 0 aliphatic carbocycles. The van der Waals surface area contributed by atoms with E-state index in [9.17, 15) is 13.2 Å². The van der Waals surface area contributed by atoms with Crippen LogP contribution < -0.4 is 15.5 Å². The van der Waals surface area contributed by atoms with E-state index in [-0.39, 0.29) is 5.75 Å². The van der Waals surface area contributed by atoms with Crippen LogP contribution in [0.15, 0.2) is 18.2 Å². The molecule has 0 saturated carbocycles. The van der Waals surface area contributed by atoms with Crippen LogP contribution in [0.4, 0.5) is 18.9 Å². The zero-order valence-corrected chi connectivity index (χ0v) is 12.7. The Labute approximate surface area is 127 Å². The monoisotopic (exact) mass is 315 g/mol. The number of anilines is 1. The first-order valence-electron chi connectivity index (χ1n) is 6.99. The molecule has 1 atom stereocenters. The summed E-state index contributed by atoms with van der Waals surface area (Å²) in [6.07, 6.45) is -6.49. The quantitative estimate of drug-likeness (QED) is 0.809. The second-order valence-corrected chi connectivity index (χ2v) is 6.53. The van der Waals surface area contributed by atoms with Crippen LogP contribution in [0.5, 0.6) is 5.75 Å². The van der Waals surface area contributed by atoms with Gasteiger partial charge < -0.3 is 19.4 Å². The number of ether oxygens (including phenoxy) is 1. The standard InChI is InChI=1S/C14H17BF3NO3/c1-12(2)13(3,4)22-15(21-12)8-5-6-9-10(7-8)20-11(19-9)14(16,17)18/h5-7,11,19H,1-4H3. The minimum atomic E-state index is -4.47. The molecular weight excluding hydrogens is 298 g/mol. The van der Waals surface area contributed by atoms with Crippen molar-refractivity contribution in [3.8, 4) is 5.75 Å². The molecule has 1 aromatic carbocycles. The van der Waals surface area contributed by atoms with Crippen LogP contribution >= 0.6 is 0 Å². The number of benzene rings is 1. The van der Waals surface area contributed by atoms with Gasteiger partial charge in [0, 0.05) is 0 Å². The molecular formula is C14H17BF3NO3. The Morgan fingerprint density at radius 2 is 1.68 bits per heavy atom. The Bertz CT molecular complexity index is 587. The highest BCUT2D eigenvalue weighted by Crippen LogP contribution is 2.39. The van der Waals surface area contributed by atoms with Crippen molar-refractivity contribution in [1.29, 1.82) is 0 Å². The van der Waals surface area contributed by atoms with Crippen LogP contribution in [-0.2, 0) is 9.31 Å². The molecule has 0 aromatic heterocycles. The van der Waals surface area contributed by atoms with Crippen LogP contribution in [0.3, 0.4) is 0 Å². The summed E-state index contributed by atoms with van der Waals surface area (Å²) in [5.41, 5.74) is -0.0844. The van der Waals surface area contributed by atoms with Gasteiger partial charge in [-0.1, -0.05) is 6.07 Å². The Hall–Kier alpha value is -1.41. The summed E-state index contributed by atoms with van der Waals surface area (Å²) in [7, 11) is -0.635. The van der Waals surface area contributed by atoms with Crippen LogP contribution in [0.25, 0.3) is 0 Å². The third kappa shape index (κ3) is 2.44. The number of hydrogen-bond donors (Lipinski definition) is 1. The van der Waals surface area contributed by atoms with Crippen LogP contribution in [0.2, 0.25) is 0 Å². The summed E-state index contributed by atoms with van der Waals surface area (Å²) in [5, 5.41) is 2.30. The topological polar surface area (TPSA) is 39.7 Å². The molecule has 0 amide bonds.